The molecule has 0 aromatic heterocycles. The molecule has 0 amide bonds. The second-order valence-electron chi connectivity index (χ2n) is 8.08. The Balaban J connectivity index is 1.43. The van der Waals surface area contributed by atoms with Crippen LogP contribution in [0.3, 0.4) is 0 Å². The highest BCUT2D eigenvalue weighted by atomic mass is 16.5. The molecule has 2 heterocycles. The van der Waals surface area contributed by atoms with E-state index in [-0.39, 0.29) is 0 Å². The Labute approximate surface area is 176 Å². The third kappa shape index (κ3) is 6.87. The van der Waals surface area contributed by atoms with E-state index in [2.05, 4.69) is 45.9 Å². The second-order valence-corrected chi connectivity index (χ2v) is 8.08. The predicted octanol–water partition coefficient (Wildman–Crippen LogP) is 0.894. The van der Waals surface area contributed by atoms with E-state index in [4.69, 9.17) is 9.73 Å². The summed E-state index contributed by atoms with van der Waals surface area (Å²) in [5.41, 5.74) is 0. The Hall–Kier alpha value is -1.83. The van der Waals surface area contributed by atoms with Crippen LogP contribution in [0.1, 0.15) is 6.92 Å². The number of aliphatic imine (C=N–C) groups is 1. The van der Waals surface area contributed by atoms with Crippen LogP contribution in [0.5, 0.6) is 5.75 Å². The molecule has 2 aliphatic heterocycles. The van der Waals surface area contributed by atoms with Crippen LogP contribution in [-0.2, 0) is 0 Å². The largest absolute Gasteiger partial charge is 0.492 e. The number of nitrogens with one attached hydrogen (secondary N) is 1. The number of hydrogen-bond donors (Lipinski definition) is 1. The van der Waals surface area contributed by atoms with Gasteiger partial charge in [0.05, 0.1) is 6.54 Å². The number of nitrogens with zero attached hydrogens (tertiary/aromatic N) is 5. The Morgan fingerprint density at radius 3 is 2.55 bits per heavy atom. The molecule has 1 aromatic rings. The summed E-state index contributed by atoms with van der Waals surface area (Å²) < 4.78 is 5.85. The van der Waals surface area contributed by atoms with Gasteiger partial charge in [-0.2, -0.15) is 0 Å². The summed E-state index contributed by atoms with van der Waals surface area (Å²) in [6.07, 6.45) is 0. The average Bonchev–Trinajstić information content (AvgIpc) is 2.75. The van der Waals surface area contributed by atoms with E-state index in [1.54, 1.807) is 0 Å². The van der Waals surface area contributed by atoms with Crippen LogP contribution in [0.15, 0.2) is 35.3 Å². The van der Waals surface area contributed by atoms with Gasteiger partial charge in [0, 0.05) is 64.9 Å². The third-order valence-electron chi connectivity index (χ3n) is 5.86. The zero-order valence-electron chi connectivity index (χ0n) is 18.4. The fourth-order valence-electron chi connectivity index (χ4n) is 3.91. The molecule has 1 unspecified atom stereocenters. The normalized spacial score (nSPS) is 22.7. The first-order chi connectivity index (χ1) is 14.2. The number of benzene rings is 1. The van der Waals surface area contributed by atoms with Gasteiger partial charge in [0.1, 0.15) is 12.4 Å². The Morgan fingerprint density at radius 2 is 1.83 bits per heavy atom. The van der Waals surface area contributed by atoms with Crippen molar-refractivity contribution in [2.45, 2.75) is 13.0 Å². The van der Waals surface area contributed by atoms with Crippen LogP contribution >= 0.6 is 0 Å². The van der Waals surface area contributed by atoms with Gasteiger partial charge in [0.25, 0.3) is 0 Å². The Kier molecular flexibility index (Phi) is 8.58. The van der Waals surface area contributed by atoms with Crippen molar-refractivity contribution >= 4 is 5.96 Å². The van der Waals surface area contributed by atoms with Crippen molar-refractivity contribution < 1.29 is 4.74 Å². The molecule has 7 nitrogen and oxygen atoms in total. The van der Waals surface area contributed by atoms with E-state index in [9.17, 15) is 0 Å². The number of hydrogen-bond acceptors (Lipinski definition) is 5. The maximum absolute atomic E-state index is 5.85. The summed E-state index contributed by atoms with van der Waals surface area (Å²) in [6, 6.07) is 10.6. The van der Waals surface area contributed by atoms with Crippen LogP contribution in [-0.4, -0.2) is 118 Å². The van der Waals surface area contributed by atoms with Gasteiger partial charge >= 0.3 is 0 Å². The zero-order valence-corrected chi connectivity index (χ0v) is 18.4. The quantitative estimate of drug-likeness (QED) is 0.540. The van der Waals surface area contributed by atoms with Gasteiger partial charge in [-0.15, -0.1) is 0 Å². The highest BCUT2D eigenvalue weighted by molar-refractivity contribution is 5.80. The molecule has 3 rings (SSSR count). The first-order valence-electron chi connectivity index (χ1n) is 11.0. The number of guanidine groups is 1. The van der Waals surface area contributed by atoms with E-state index >= 15 is 0 Å². The smallest absolute Gasteiger partial charge is 0.194 e. The fourth-order valence-corrected chi connectivity index (χ4v) is 3.91. The van der Waals surface area contributed by atoms with E-state index < -0.39 is 0 Å². The molecule has 0 bridgehead atoms. The molecule has 29 heavy (non-hydrogen) atoms. The van der Waals surface area contributed by atoms with Crippen LogP contribution in [0.2, 0.25) is 0 Å². The van der Waals surface area contributed by atoms with Gasteiger partial charge in [-0.05, 0) is 33.2 Å². The number of para-hydroxylation sites is 1. The molecule has 2 saturated heterocycles. The van der Waals surface area contributed by atoms with Crippen molar-refractivity contribution in [3.63, 3.8) is 0 Å². The van der Waals surface area contributed by atoms with E-state index in [0.717, 1.165) is 83.8 Å². The fraction of sp³-hybridized carbons (Fsp3) is 0.682. The van der Waals surface area contributed by atoms with Crippen molar-refractivity contribution in [2.24, 2.45) is 4.99 Å². The van der Waals surface area contributed by atoms with Crippen molar-refractivity contribution in [3.05, 3.63) is 30.3 Å². The van der Waals surface area contributed by atoms with Gasteiger partial charge < -0.3 is 19.9 Å². The minimum Gasteiger partial charge on any atom is -0.492 e. The van der Waals surface area contributed by atoms with Gasteiger partial charge in [0.15, 0.2) is 5.96 Å². The van der Waals surface area contributed by atoms with Gasteiger partial charge in [0.2, 0.25) is 0 Å². The molecule has 1 N–H and O–H groups in total. The van der Waals surface area contributed by atoms with Crippen LogP contribution in [0.4, 0.5) is 0 Å². The Morgan fingerprint density at radius 1 is 1.07 bits per heavy atom. The van der Waals surface area contributed by atoms with Gasteiger partial charge in [-0.25, -0.2) is 0 Å². The lowest BCUT2D eigenvalue weighted by molar-refractivity contribution is 0.119. The molecular weight excluding hydrogens is 364 g/mol. The highest BCUT2D eigenvalue weighted by Crippen LogP contribution is 2.10. The van der Waals surface area contributed by atoms with Crippen LogP contribution < -0.4 is 10.1 Å². The van der Waals surface area contributed by atoms with Crippen molar-refractivity contribution in [1.82, 2.24) is 24.9 Å². The average molecular weight is 403 g/mol. The molecule has 1 aromatic carbocycles. The number of likely N-dealkylation sites (N-methyl/N-ethyl adjacent to an activating group) is 2. The number of ether oxygens (including phenoxy) is 1. The molecule has 1 atom stereocenters. The lowest BCUT2D eigenvalue weighted by Crippen LogP contribution is -2.54. The number of piperazine rings is 2. The lowest BCUT2D eigenvalue weighted by atomic mass is 10.2. The predicted molar refractivity (Wildman–Crippen MR) is 120 cm³/mol. The van der Waals surface area contributed by atoms with Crippen LogP contribution in [0.25, 0.3) is 0 Å². The molecule has 7 heteroatoms. The number of rotatable bonds is 7. The first-order valence-corrected chi connectivity index (χ1v) is 11.0. The van der Waals surface area contributed by atoms with Crippen molar-refractivity contribution in [1.29, 1.82) is 0 Å². The summed E-state index contributed by atoms with van der Waals surface area (Å²) in [5, 5.41) is 3.50. The maximum atomic E-state index is 5.85. The van der Waals surface area contributed by atoms with Gasteiger partial charge in [-0.3, -0.25) is 14.8 Å². The lowest BCUT2D eigenvalue weighted by Gasteiger charge is -2.38. The second kappa shape index (κ2) is 11.4. The maximum Gasteiger partial charge on any atom is 0.194 e. The minimum atomic E-state index is 0.499. The van der Waals surface area contributed by atoms with Crippen LogP contribution in [0, 0.1) is 0 Å². The molecule has 0 saturated carbocycles. The standard InChI is InChI=1S/C22H38N6O/c1-4-23-22(24-18-20-19-25(2)10-11-26(20)3)28-14-12-27(13-15-28)16-17-29-21-8-6-5-7-9-21/h5-9,20H,4,10-19H2,1-3H3,(H,23,24). The SMILES string of the molecule is CCNC(=NCC1CN(C)CCN1C)N1CCN(CCOc2ccccc2)CC1. The highest BCUT2D eigenvalue weighted by Gasteiger charge is 2.23. The topological polar surface area (TPSA) is 46.6 Å². The van der Waals surface area contributed by atoms with E-state index in [1.807, 2.05) is 30.3 Å². The first kappa shape index (κ1) is 21.9. The van der Waals surface area contributed by atoms with E-state index in [1.165, 1.54) is 0 Å². The summed E-state index contributed by atoms with van der Waals surface area (Å²) in [4.78, 5) is 14.7. The molecule has 0 spiro atoms. The molecule has 162 valence electrons. The molecule has 0 aliphatic carbocycles. The molecular formula is C22H38N6O. The van der Waals surface area contributed by atoms with Gasteiger partial charge in [-0.1, -0.05) is 18.2 Å². The molecule has 2 aliphatic rings. The Bertz CT molecular complexity index is 617. The van der Waals surface area contributed by atoms with E-state index in [0.29, 0.717) is 6.04 Å². The monoisotopic (exact) mass is 402 g/mol. The third-order valence-corrected chi connectivity index (χ3v) is 5.86. The molecule has 0 radical (unpaired) electrons. The van der Waals surface area contributed by atoms with Crippen molar-refractivity contribution in [2.75, 3.05) is 86.1 Å². The summed E-state index contributed by atoms with van der Waals surface area (Å²) in [7, 11) is 4.42. The van der Waals surface area contributed by atoms with Crippen molar-refractivity contribution in [3.8, 4) is 5.75 Å². The summed E-state index contributed by atoms with van der Waals surface area (Å²) in [6.45, 7) is 13.1. The summed E-state index contributed by atoms with van der Waals surface area (Å²) >= 11 is 0. The zero-order chi connectivity index (χ0) is 20.5. The molecule has 2 fully saturated rings. The summed E-state index contributed by atoms with van der Waals surface area (Å²) in [5.74, 6) is 2.01. The minimum absolute atomic E-state index is 0.499.